The van der Waals surface area contributed by atoms with Gasteiger partial charge in [0.2, 0.25) is 0 Å². The summed E-state index contributed by atoms with van der Waals surface area (Å²) in [5.41, 5.74) is 1.20. The molecule has 0 N–H and O–H groups in total. The first-order valence-electron chi connectivity index (χ1n) is 6.69. The van der Waals surface area contributed by atoms with Gasteiger partial charge in [0.25, 0.3) is 0 Å². The lowest BCUT2D eigenvalue weighted by Gasteiger charge is -2.32. The highest BCUT2D eigenvalue weighted by atomic mass is 79.9. The third-order valence-electron chi connectivity index (χ3n) is 4.32. The van der Waals surface area contributed by atoms with E-state index in [2.05, 4.69) is 27.1 Å². The second-order valence-corrected chi connectivity index (χ2v) is 7.17. The van der Waals surface area contributed by atoms with Crippen molar-refractivity contribution >= 4 is 39.5 Å². The Hall–Kier alpha value is -0.845. The topological polar surface area (TPSA) is 36.3 Å². The molecule has 3 rings (SSSR count). The van der Waals surface area contributed by atoms with Crippen LogP contribution in [0.4, 0.5) is 0 Å². The van der Waals surface area contributed by atoms with Crippen LogP contribution in [-0.2, 0) is 16.4 Å². The third-order valence-corrected chi connectivity index (χ3v) is 4.81. The van der Waals surface area contributed by atoms with Crippen molar-refractivity contribution in [1.82, 2.24) is 9.78 Å². The van der Waals surface area contributed by atoms with Crippen molar-refractivity contribution in [3.63, 3.8) is 0 Å². The zero-order valence-corrected chi connectivity index (χ0v) is 14.0. The highest BCUT2D eigenvalue weighted by Gasteiger charge is 2.53. The second kappa shape index (κ2) is 4.32. The summed E-state index contributed by atoms with van der Waals surface area (Å²) in [6.45, 7) is 8.20. The molecule has 0 unspecified atom stereocenters. The maximum absolute atomic E-state index is 6.10. The summed E-state index contributed by atoms with van der Waals surface area (Å²) < 4.78 is 15.1. The van der Waals surface area contributed by atoms with Gasteiger partial charge < -0.3 is 9.31 Å². The molecule has 0 aliphatic carbocycles. The Morgan fingerprint density at radius 2 is 1.75 bits per heavy atom. The minimum absolute atomic E-state index is 0.354. The summed E-state index contributed by atoms with van der Waals surface area (Å²) in [7, 11) is 1.50. The fourth-order valence-electron chi connectivity index (χ4n) is 2.39. The Bertz CT molecular complexity index is 665. The fraction of sp³-hybridized carbons (Fsp3) is 0.500. The van der Waals surface area contributed by atoms with Crippen LogP contribution in [0.25, 0.3) is 10.9 Å². The van der Waals surface area contributed by atoms with Crippen LogP contribution >= 0.6 is 15.9 Å². The van der Waals surface area contributed by atoms with Gasteiger partial charge in [-0.15, -0.1) is 0 Å². The lowest BCUT2D eigenvalue weighted by atomic mass is 9.82. The Kier molecular flexibility index (Phi) is 3.05. The Balaban J connectivity index is 2.10. The molecule has 1 aromatic heterocycles. The molecule has 1 saturated heterocycles. The van der Waals surface area contributed by atoms with E-state index >= 15 is 0 Å². The zero-order chi connectivity index (χ0) is 14.7. The van der Waals surface area contributed by atoms with E-state index in [0.29, 0.717) is 0 Å². The number of nitrogens with zero attached hydrogens (tertiary/aromatic N) is 2. The molecule has 0 radical (unpaired) electrons. The van der Waals surface area contributed by atoms with Crippen LogP contribution in [0.3, 0.4) is 0 Å². The van der Waals surface area contributed by atoms with Gasteiger partial charge in [-0.1, -0.05) is 15.9 Å². The maximum Gasteiger partial charge on any atom is 0.517 e. The quantitative estimate of drug-likeness (QED) is 0.751. The molecule has 0 amide bonds. The first-order valence-corrected chi connectivity index (χ1v) is 7.48. The predicted octanol–water partition coefficient (Wildman–Crippen LogP) is 2.64. The summed E-state index contributed by atoms with van der Waals surface area (Å²) in [5, 5.41) is 5.65. The van der Waals surface area contributed by atoms with Crippen LogP contribution in [-0.4, -0.2) is 28.1 Å². The van der Waals surface area contributed by atoms with E-state index in [9.17, 15) is 0 Å². The Labute approximate surface area is 127 Å². The van der Waals surface area contributed by atoms with Crippen molar-refractivity contribution in [3.8, 4) is 0 Å². The van der Waals surface area contributed by atoms with Gasteiger partial charge in [0.05, 0.1) is 16.7 Å². The highest BCUT2D eigenvalue weighted by Crippen LogP contribution is 2.37. The van der Waals surface area contributed by atoms with Gasteiger partial charge in [0.1, 0.15) is 5.59 Å². The normalized spacial score (nSPS) is 20.8. The molecule has 6 heteroatoms. The van der Waals surface area contributed by atoms with Crippen LogP contribution in [0.2, 0.25) is 0 Å². The summed E-state index contributed by atoms with van der Waals surface area (Å²) in [6.07, 6.45) is 0. The van der Waals surface area contributed by atoms with Crippen LogP contribution in [0.1, 0.15) is 27.7 Å². The SMILES string of the molecule is Cn1nc(B2OC(C)(C)C(C)(C)O2)c2cc(Br)ccc21. The molecule has 0 saturated carbocycles. The van der Waals surface area contributed by atoms with Gasteiger partial charge in [-0.2, -0.15) is 5.10 Å². The maximum atomic E-state index is 6.10. The molecule has 1 aliphatic rings. The molecule has 4 nitrogen and oxygen atoms in total. The number of fused-ring (bicyclic) bond motifs is 1. The average Bonchev–Trinajstić information content (AvgIpc) is 2.74. The smallest absolute Gasteiger partial charge is 0.398 e. The molecular formula is C14H18BBrN2O2. The average molecular weight is 337 g/mol. The minimum atomic E-state index is -0.432. The van der Waals surface area contributed by atoms with Crippen LogP contribution in [0.15, 0.2) is 22.7 Å². The number of benzene rings is 1. The van der Waals surface area contributed by atoms with E-state index in [1.54, 1.807) is 0 Å². The first-order chi connectivity index (χ1) is 9.21. The van der Waals surface area contributed by atoms with Crippen molar-refractivity contribution in [1.29, 1.82) is 0 Å². The lowest BCUT2D eigenvalue weighted by Crippen LogP contribution is -2.41. The molecule has 0 spiro atoms. The number of aromatic nitrogens is 2. The standard InChI is InChI=1S/C14H18BBrN2O2/c1-13(2)14(3,4)20-15(19-13)12-10-8-9(16)6-7-11(10)18(5)17-12/h6-8H,1-5H3. The first kappa shape index (κ1) is 14.1. The third kappa shape index (κ3) is 2.01. The van der Waals surface area contributed by atoms with E-state index in [0.717, 1.165) is 21.0 Å². The van der Waals surface area contributed by atoms with Crippen molar-refractivity contribution in [2.75, 3.05) is 0 Å². The molecule has 1 fully saturated rings. The fourth-order valence-corrected chi connectivity index (χ4v) is 2.75. The molecule has 0 atom stereocenters. The van der Waals surface area contributed by atoms with Gasteiger partial charge in [-0.05, 0) is 45.9 Å². The van der Waals surface area contributed by atoms with E-state index in [4.69, 9.17) is 9.31 Å². The molecule has 0 bridgehead atoms. The van der Waals surface area contributed by atoms with Crippen molar-refractivity contribution < 1.29 is 9.31 Å². The monoisotopic (exact) mass is 336 g/mol. The zero-order valence-electron chi connectivity index (χ0n) is 12.4. The van der Waals surface area contributed by atoms with Crippen molar-refractivity contribution in [2.24, 2.45) is 7.05 Å². The van der Waals surface area contributed by atoms with Crippen LogP contribution < -0.4 is 5.59 Å². The largest absolute Gasteiger partial charge is 0.517 e. The Morgan fingerprint density at radius 1 is 1.15 bits per heavy atom. The van der Waals surface area contributed by atoms with E-state index < -0.39 is 7.12 Å². The van der Waals surface area contributed by atoms with Gasteiger partial charge in [-0.3, -0.25) is 4.68 Å². The van der Waals surface area contributed by atoms with Crippen molar-refractivity contribution in [2.45, 2.75) is 38.9 Å². The summed E-state index contributed by atoms with van der Waals surface area (Å²) in [6, 6.07) is 6.11. The number of rotatable bonds is 1. The van der Waals surface area contributed by atoms with Crippen LogP contribution in [0, 0.1) is 0 Å². The molecular weight excluding hydrogens is 319 g/mol. The molecule has 2 aromatic rings. The van der Waals surface area contributed by atoms with Gasteiger partial charge in [0, 0.05) is 16.9 Å². The van der Waals surface area contributed by atoms with E-state index in [1.807, 2.05) is 51.6 Å². The minimum Gasteiger partial charge on any atom is -0.398 e. The second-order valence-electron chi connectivity index (χ2n) is 6.26. The predicted molar refractivity (Wildman–Crippen MR) is 84.1 cm³/mol. The number of halogens is 1. The van der Waals surface area contributed by atoms with Crippen molar-refractivity contribution in [3.05, 3.63) is 22.7 Å². The summed E-state index contributed by atoms with van der Waals surface area (Å²) in [4.78, 5) is 0. The molecule has 20 heavy (non-hydrogen) atoms. The van der Waals surface area contributed by atoms with E-state index in [-0.39, 0.29) is 11.2 Å². The van der Waals surface area contributed by atoms with Gasteiger partial charge in [0.15, 0.2) is 0 Å². The molecule has 1 aromatic carbocycles. The molecule has 106 valence electrons. The van der Waals surface area contributed by atoms with E-state index in [1.165, 1.54) is 0 Å². The Morgan fingerprint density at radius 3 is 2.35 bits per heavy atom. The van der Waals surface area contributed by atoms with Gasteiger partial charge >= 0.3 is 7.12 Å². The van der Waals surface area contributed by atoms with Gasteiger partial charge in [-0.25, -0.2) is 0 Å². The molecule has 2 heterocycles. The lowest BCUT2D eigenvalue weighted by molar-refractivity contribution is 0.00578. The number of aryl methyl sites for hydroxylation is 1. The number of hydrogen-bond acceptors (Lipinski definition) is 3. The highest BCUT2D eigenvalue weighted by molar-refractivity contribution is 9.10. The molecule has 1 aliphatic heterocycles. The number of hydrogen-bond donors (Lipinski definition) is 0. The summed E-state index contributed by atoms with van der Waals surface area (Å²) >= 11 is 3.51. The van der Waals surface area contributed by atoms with Crippen LogP contribution in [0.5, 0.6) is 0 Å². The summed E-state index contributed by atoms with van der Waals surface area (Å²) in [5.74, 6) is 0.